The summed E-state index contributed by atoms with van der Waals surface area (Å²) in [5.41, 5.74) is 0.840. The van der Waals surface area contributed by atoms with Gasteiger partial charge in [-0.2, -0.15) is 0 Å². The molecule has 0 aromatic heterocycles. The smallest absolute Gasteiger partial charge is 0.344 e. The summed E-state index contributed by atoms with van der Waals surface area (Å²) in [6, 6.07) is 34.8. The average molecular weight is 597 g/mol. The summed E-state index contributed by atoms with van der Waals surface area (Å²) in [5, 5.41) is 4.45. The molecule has 0 radical (unpaired) electrons. The van der Waals surface area contributed by atoms with Crippen LogP contribution in [0.25, 0.3) is 10.8 Å². The normalized spacial score (nSPS) is 11.0. The average Bonchev–Trinajstić information content (AvgIpc) is 3.04. The molecule has 9 nitrogen and oxygen atoms in total. The Morgan fingerprint density at radius 2 is 1.40 bits per heavy atom. The highest BCUT2D eigenvalue weighted by Gasteiger charge is 2.22. The van der Waals surface area contributed by atoms with Crippen molar-refractivity contribution >= 4 is 44.0 Å². The third-order valence-corrected chi connectivity index (χ3v) is 8.21. The summed E-state index contributed by atoms with van der Waals surface area (Å²) < 4.78 is 43.9. The number of carbonyl (C=O) groups excluding carboxylic acids is 2. The maximum atomic E-state index is 13.2. The van der Waals surface area contributed by atoms with E-state index in [1.54, 1.807) is 78.9 Å². The third kappa shape index (κ3) is 7.30. The number of esters is 1. The van der Waals surface area contributed by atoms with E-state index in [0.29, 0.717) is 28.6 Å². The number of sulfonamides is 1. The Balaban J connectivity index is 1.11. The minimum atomic E-state index is -3.81. The Morgan fingerprint density at radius 1 is 0.721 bits per heavy atom. The first-order chi connectivity index (χ1) is 20.8. The summed E-state index contributed by atoms with van der Waals surface area (Å²) in [7, 11) is -2.34. The molecule has 0 saturated heterocycles. The first-order valence-corrected chi connectivity index (χ1v) is 14.7. The Hall–Kier alpha value is -5.35. The van der Waals surface area contributed by atoms with E-state index in [2.05, 4.69) is 5.32 Å². The number of hydrogen-bond donors (Lipinski definition) is 1. The summed E-state index contributed by atoms with van der Waals surface area (Å²) >= 11 is 0. The number of hydrogen-bond acceptors (Lipinski definition) is 7. The van der Waals surface area contributed by atoms with Gasteiger partial charge in [0.05, 0.1) is 16.3 Å². The number of anilines is 2. The van der Waals surface area contributed by atoms with Crippen molar-refractivity contribution in [3.8, 4) is 17.2 Å². The Morgan fingerprint density at radius 3 is 2.16 bits per heavy atom. The molecule has 0 aliphatic carbocycles. The fourth-order valence-corrected chi connectivity index (χ4v) is 5.40. The maximum absolute atomic E-state index is 13.2. The van der Waals surface area contributed by atoms with Crippen molar-refractivity contribution in [2.75, 3.05) is 29.9 Å². The number of ether oxygens (including phenoxy) is 3. The number of amides is 1. The molecule has 0 bridgehead atoms. The number of nitrogens with zero attached hydrogens (tertiary/aromatic N) is 1. The minimum absolute atomic E-state index is 0.174. The lowest BCUT2D eigenvalue weighted by Gasteiger charge is -2.20. The lowest BCUT2D eigenvalue weighted by molar-refractivity contribution is -0.149. The molecule has 0 aliphatic heterocycles. The van der Waals surface area contributed by atoms with Crippen LogP contribution in [0.3, 0.4) is 0 Å². The standard InChI is InChI=1S/C33H28N2O7S/c1-35(43(38,39)29-20-15-24-9-5-6-10-25(24)21-29)26-16-18-27(19-17-26)40-23-33(37)41-22-32(36)34-30-13-7-8-14-31(30)42-28-11-3-2-4-12-28/h2-21H,22-23H2,1H3,(H,34,36). The highest BCUT2D eigenvalue weighted by Crippen LogP contribution is 2.29. The van der Waals surface area contributed by atoms with Gasteiger partial charge in [0.2, 0.25) is 0 Å². The Kier molecular flexibility index (Phi) is 8.88. The van der Waals surface area contributed by atoms with Crippen LogP contribution in [0, 0.1) is 0 Å². The highest BCUT2D eigenvalue weighted by atomic mass is 32.2. The number of fused-ring (bicyclic) bond motifs is 1. The van der Waals surface area contributed by atoms with E-state index in [1.807, 2.05) is 42.5 Å². The van der Waals surface area contributed by atoms with E-state index in [1.165, 1.54) is 11.4 Å². The van der Waals surface area contributed by atoms with Gasteiger partial charge < -0.3 is 19.5 Å². The van der Waals surface area contributed by atoms with Crippen LogP contribution in [0.5, 0.6) is 17.2 Å². The fourth-order valence-electron chi connectivity index (χ4n) is 4.17. The molecular weight excluding hydrogens is 568 g/mol. The number of rotatable bonds is 11. The molecule has 0 atom stereocenters. The van der Waals surface area contributed by atoms with Crippen LogP contribution in [-0.2, 0) is 24.3 Å². The largest absolute Gasteiger partial charge is 0.482 e. The van der Waals surface area contributed by atoms with Crippen LogP contribution in [0.15, 0.2) is 126 Å². The zero-order valence-electron chi connectivity index (χ0n) is 23.2. The summed E-state index contributed by atoms with van der Waals surface area (Å²) in [6.07, 6.45) is 0. The van der Waals surface area contributed by atoms with Gasteiger partial charge in [-0.15, -0.1) is 0 Å². The van der Waals surface area contributed by atoms with E-state index in [4.69, 9.17) is 14.2 Å². The van der Waals surface area contributed by atoms with Crippen molar-refractivity contribution in [2.24, 2.45) is 0 Å². The number of carbonyl (C=O) groups is 2. The molecule has 10 heteroatoms. The van der Waals surface area contributed by atoms with Crippen molar-refractivity contribution in [3.05, 3.63) is 121 Å². The van der Waals surface area contributed by atoms with Gasteiger partial charge in [-0.05, 0) is 71.4 Å². The summed E-state index contributed by atoms with van der Waals surface area (Å²) in [4.78, 5) is 24.8. The van der Waals surface area contributed by atoms with Crippen molar-refractivity contribution in [1.82, 2.24) is 0 Å². The molecular formula is C33H28N2O7S. The van der Waals surface area contributed by atoms with E-state index in [-0.39, 0.29) is 4.90 Å². The topological polar surface area (TPSA) is 111 Å². The SMILES string of the molecule is CN(c1ccc(OCC(=O)OCC(=O)Nc2ccccc2Oc2ccccc2)cc1)S(=O)(=O)c1ccc2ccccc2c1. The highest BCUT2D eigenvalue weighted by molar-refractivity contribution is 7.92. The Labute approximate surface area is 249 Å². The van der Waals surface area contributed by atoms with Crippen LogP contribution in [0.2, 0.25) is 0 Å². The maximum Gasteiger partial charge on any atom is 0.344 e. The predicted octanol–water partition coefficient (Wildman–Crippen LogP) is 6.02. The van der Waals surface area contributed by atoms with Crippen LogP contribution >= 0.6 is 0 Å². The molecule has 1 N–H and O–H groups in total. The molecule has 1 amide bonds. The number of para-hydroxylation sites is 3. The quantitative estimate of drug-likeness (QED) is 0.186. The second-order valence-electron chi connectivity index (χ2n) is 9.38. The molecule has 0 heterocycles. The van der Waals surface area contributed by atoms with Gasteiger partial charge in [-0.1, -0.05) is 60.7 Å². The third-order valence-electron chi connectivity index (χ3n) is 6.43. The second-order valence-corrected chi connectivity index (χ2v) is 11.4. The molecule has 5 aromatic carbocycles. The molecule has 43 heavy (non-hydrogen) atoms. The number of benzene rings is 5. The summed E-state index contributed by atoms with van der Waals surface area (Å²) in [6.45, 7) is -0.955. The monoisotopic (exact) mass is 596 g/mol. The molecule has 0 saturated carbocycles. The lowest BCUT2D eigenvalue weighted by Crippen LogP contribution is -2.26. The van der Waals surface area contributed by atoms with E-state index >= 15 is 0 Å². The molecule has 218 valence electrons. The van der Waals surface area contributed by atoms with Crippen LogP contribution in [0.1, 0.15) is 0 Å². The summed E-state index contributed by atoms with van der Waals surface area (Å²) in [5.74, 6) is 0.0880. The molecule has 0 spiro atoms. The molecule has 5 rings (SSSR count). The predicted molar refractivity (Wildman–Crippen MR) is 164 cm³/mol. The molecule has 0 fully saturated rings. The molecule has 5 aromatic rings. The Bertz CT molecular complexity index is 1840. The van der Waals surface area contributed by atoms with Gasteiger partial charge in [-0.3, -0.25) is 9.10 Å². The first-order valence-electron chi connectivity index (χ1n) is 13.3. The van der Waals surface area contributed by atoms with E-state index in [0.717, 1.165) is 10.8 Å². The van der Waals surface area contributed by atoms with E-state index < -0.39 is 35.1 Å². The van der Waals surface area contributed by atoms with Gasteiger partial charge in [0.25, 0.3) is 15.9 Å². The van der Waals surface area contributed by atoms with E-state index in [9.17, 15) is 18.0 Å². The van der Waals surface area contributed by atoms with Gasteiger partial charge >= 0.3 is 5.97 Å². The molecule has 0 aliphatic rings. The van der Waals surface area contributed by atoms with Gasteiger partial charge in [0.15, 0.2) is 19.0 Å². The van der Waals surface area contributed by atoms with Gasteiger partial charge in [0, 0.05) is 7.05 Å². The zero-order chi connectivity index (χ0) is 30.2. The van der Waals surface area contributed by atoms with Gasteiger partial charge in [-0.25, -0.2) is 13.2 Å². The van der Waals surface area contributed by atoms with Crippen LogP contribution in [-0.4, -0.2) is 40.6 Å². The van der Waals surface area contributed by atoms with Crippen molar-refractivity contribution in [1.29, 1.82) is 0 Å². The van der Waals surface area contributed by atoms with Crippen LogP contribution in [0.4, 0.5) is 11.4 Å². The fraction of sp³-hybridized carbons (Fsp3) is 0.0909. The first kappa shape index (κ1) is 29.2. The van der Waals surface area contributed by atoms with Crippen molar-refractivity contribution < 1.29 is 32.2 Å². The van der Waals surface area contributed by atoms with Crippen molar-refractivity contribution in [2.45, 2.75) is 4.90 Å². The van der Waals surface area contributed by atoms with Crippen molar-refractivity contribution in [3.63, 3.8) is 0 Å². The minimum Gasteiger partial charge on any atom is -0.482 e. The molecule has 0 unspecified atom stereocenters. The lowest BCUT2D eigenvalue weighted by atomic mass is 10.1. The number of nitrogens with one attached hydrogen (secondary N) is 1. The zero-order valence-corrected chi connectivity index (χ0v) is 24.0. The second kappa shape index (κ2) is 13.1. The van der Waals surface area contributed by atoms with Gasteiger partial charge in [0.1, 0.15) is 11.5 Å². The van der Waals surface area contributed by atoms with Crippen LogP contribution < -0.4 is 19.1 Å².